The first kappa shape index (κ1) is 42.1. The maximum absolute atomic E-state index is 12.6. The fourth-order valence-corrected chi connectivity index (χ4v) is 5.99. The molecule has 0 heterocycles. The maximum Gasteiger partial charge on any atom is 0.309 e. The summed E-state index contributed by atoms with van der Waals surface area (Å²) in [7, 11) is 0. The van der Waals surface area contributed by atoms with Crippen LogP contribution in [0.2, 0.25) is 0 Å². The fraction of sp³-hybridized carbons (Fsp3) is 0.600. The number of benzene rings is 2. The summed E-state index contributed by atoms with van der Waals surface area (Å²) < 4.78 is 0. The Balaban J connectivity index is 2.05. The van der Waals surface area contributed by atoms with Crippen LogP contribution in [0.4, 0.5) is 0 Å². The largest absolute Gasteiger partial charge is 0.507 e. The second-order valence-corrected chi connectivity index (χ2v) is 17.6. The maximum atomic E-state index is 12.6. The number of carbonyl (C=O) groups excluding carboxylic acids is 2. The number of hydrogen-bond acceptors (Lipinski definition) is 6. The molecule has 0 fully saturated rings. The van der Waals surface area contributed by atoms with E-state index in [9.17, 15) is 39.6 Å². The molecule has 0 spiro atoms. The quantitative estimate of drug-likeness (QED) is 0.137. The number of carboxylic acids is 2. The zero-order valence-electron chi connectivity index (χ0n) is 32.1. The third kappa shape index (κ3) is 11.5. The van der Waals surface area contributed by atoms with Crippen LogP contribution in [0.3, 0.4) is 0 Å². The van der Waals surface area contributed by atoms with Crippen molar-refractivity contribution in [2.75, 3.05) is 13.1 Å². The van der Waals surface area contributed by atoms with Crippen molar-refractivity contribution in [3.63, 3.8) is 0 Å². The van der Waals surface area contributed by atoms with Gasteiger partial charge < -0.3 is 31.1 Å². The molecule has 6 N–H and O–H groups in total. The number of rotatable bonds is 12. The molecular weight excluding hydrogens is 636 g/mol. The standard InChI is InChI=1S/C40H60N2O8/c1-37(2,3)27-19-23(20-28(31(27)43)38(4,5)6)17-25(35(47)48)13-15-41-33(45)34(46)42-16-14-26(36(49)50)18-24-21-29(39(7,8)9)32(44)30(22-24)40(10,11)12/h19-22,25-26,43-44H,13-18H2,1-12H3,(H,41,45)(H,42,46)(H,47,48)(H,49,50). The highest BCUT2D eigenvalue weighted by Crippen LogP contribution is 2.41. The summed E-state index contributed by atoms with van der Waals surface area (Å²) in [5, 5.41) is 46.9. The number of phenols is 2. The summed E-state index contributed by atoms with van der Waals surface area (Å²) in [4.78, 5) is 49.5. The zero-order chi connectivity index (χ0) is 38.6. The molecule has 2 atom stereocenters. The normalized spacial score (nSPS) is 13.8. The van der Waals surface area contributed by atoms with E-state index in [2.05, 4.69) is 10.6 Å². The topological polar surface area (TPSA) is 173 Å². The van der Waals surface area contributed by atoms with E-state index in [1.807, 2.05) is 107 Å². The van der Waals surface area contributed by atoms with E-state index in [1.54, 1.807) is 0 Å². The molecule has 0 aromatic heterocycles. The van der Waals surface area contributed by atoms with Crippen molar-refractivity contribution in [2.24, 2.45) is 11.8 Å². The molecule has 10 heteroatoms. The Morgan fingerprint density at radius 3 is 0.960 bits per heavy atom. The van der Waals surface area contributed by atoms with Crippen molar-refractivity contribution >= 4 is 23.8 Å². The lowest BCUT2D eigenvalue weighted by Crippen LogP contribution is -2.41. The lowest BCUT2D eigenvalue weighted by Gasteiger charge is -2.28. The third-order valence-electron chi connectivity index (χ3n) is 9.00. The number of aromatic hydroxyl groups is 2. The molecule has 2 unspecified atom stereocenters. The van der Waals surface area contributed by atoms with Gasteiger partial charge in [0.05, 0.1) is 11.8 Å². The van der Waals surface area contributed by atoms with Gasteiger partial charge in [0.2, 0.25) is 0 Å². The van der Waals surface area contributed by atoms with Crippen LogP contribution >= 0.6 is 0 Å². The number of aliphatic carboxylic acids is 2. The predicted octanol–water partition coefficient (Wildman–Crippen LogP) is 6.49. The molecule has 278 valence electrons. The second-order valence-electron chi connectivity index (χ2n) is 17.6. The monoisotopic (exact) mass is 696 g/mol. The summed E-state index contributed by atoms with van der Waals surface area (Å²) in [5.74, 6) is -5.23. The molecule has 0 bridgehead atoms. The van der Waals surface area contributed by atoms with Crippen LogP contribution in [-0.4, -0.2) is 57.3 Å². The van der Waals surface area contributed by atoms with Crippen LogP contribution in [0.15, 0.2) is 24.3 Å². The lowest BCUT2D eigenvalue weighted by molar-refractivity contribution is -0.143. The predicted molar refractivity (Wildman–Crippen MR) is 196 cm³/mol. The van der Waals surface area contributed by atoms with Gasteiger partial charge in [-0.3, -0.25) is 19.2 Å². The van der Waals surface area contributed by atoms with Gasteiger partial charge in [-0.05, 0) is 80.7 Å². The summed E-state index contributed by atoms with van der Waals surface area (Å²) in [6, 6.07) is 7.36. The lowest BCUT2D eigenvalue weighted by atomic mass is 9.77. The summed E-state index contributed by atoms with van der Waals surface area (Å²) in [5.41, 5.74) is 2.95. The van der Waals surface area contributed by atoms with Gasteiger partial charge >= 0.3 is 23.8 Å². The minimum Gasteiger partial charge on any atom is -0.507 e. The van der Waals surface area contributed by atoms with E-state index in [-0.39, 0.29) is 71.9 Å². The van der Waals surface area contributed by atoms with Gasteiger partial charge in [-0.25, -0.2) is 0 Å². The second kappa shape index (κ2) is 15.9. The molecule has 10 nitrogen and oxygen atoms in total. The molecule has 0 aliphatic carbocycles. The number of hydrogen-bond donors (Lipinski definition) is 6. The van der Waals surface area contributed by atoms with E-state index in [0.717, 1.165) is 33.4 Å². The SMILES string of the molecule is CC(C)(C)c1cc(CC(CCNC(=O)C(=O)NCCC(Cc2cc(C(C)(C)C)c(O)c(C(C)(C)C)c2)C(=O)O)C(=O)O)cc(C(C)(C)C)c1O. The first-order valence-corrected chi connectivity index (χ1v) is 17.4. The van der Waals surface area contributed by atoms with Crippen LogP contribution in [0.5, 0.6) is 11.5 Å². The molecule has 0 saturated carbocycles. The number of carbonyl (C=O) groups is 4. The van der Waals surface area contributed by atoms with Gasteiger partial charge in [-0.2, -0.15) is 0 Å². The van der Waals surface area contributed by atoms with Gasteiger partial charge in [0.25, 0.3) is 0 Å². The van der Waals surface area contributed by atoms with Crippen molar-refractivity contribution < 1.29 is 39.6 Å². The summed E-state index contributed by atoms with van der Waals surface area (Å²) in [6.45, 7) is 23.7. The van der Waals surface area contributed by atoms with Gasteiger partial charge in [0.15, 0.2) is 0 Å². The Labute approximate surface area is 298 Å². The summed E-state index contributed by atoms with van der Waals surface area (Å²) >= 11 is 0. The number of amides is 2. The minimum absolute atomic E-state index is 0.0512. The molecule has 0 radical (unpaired) electrons. The van der Waals surface area contributed by atoms with Crippen molar-refractivity contribution in [2.45, 2.75) is 130 Å². The van der Waals surface area contributed by atoms with Crippen LogP contribution in [-0.2, 0) is 53.7 Å². The Kier molecular flexibility index (Phi) is 13.3. The van der Waals surface area contributed by atoms with E-state index < -0.39 is 35.6 Å². The number of phenolic OH excluding ortho intramolecular Hbond substituents is 2. The molecule has 2 rings (SSSR count). The Morgan fingerprint density at radius 1 is 0.520 bits per heavy atom. The smallest absolute Gasteiger partial charge is 0.309 e. The molecule has 0 saturated heterocycles. The van der Waals surface area contributed by atoms with Crippen LogP contribution < -0.4 is 10.6 Å². The van der Waals surface area contributed by atoms with Gasteiger partial charge in [0, 0.05) is 13.1 Å². The molecular formula is C40H60N2O8. The first-order chi connectivity index (χ1) is 22.6. The highest BCUT2D eigenvalue weighted by atomic mass is 16.4. The summed E-state index contributed by atoms with van der Waals surface area (Å²) in [6.07, 6.45) is 0.503. The van der Waals surface area contributed by atoms with Crippen molar-refractivity contribution in [3.8, 4) is 11.5 Å². The van der Waals surface area contributed by atoms with Gasteiger partial charge in [0.1, 0.15) is 11.5 Å². The van der Waals surface area contributed by atoms with Crippen molar-refractivity contribution in [1.82, 2.24) is 10.6 Å². The highest BCUT2D eigenvalue weighted by Gasteiger charge is 2.30. The Hall–Kier alpha value is -4.08. The molecule has 2 aromatic carbocycles. The van der Waals surface area contributed by atoms with Gasteiger partial charge in [-0.1, -0.05) is 107 Å². The van der Waals surface area contributed by atoms with E-state index >= 15 is 0 Å². The molecule has 2 aromatic rings. The minimum atomic E-state index is -1.04. The number of nitrogens with one attached hydrogen (secondary N) is 2. The van der Waals surface area contributed by atoms with Crippen molar-refractivity contribution in [1.29, 1.82) is 0 Å². The average molecular weight is 697 g/mol. The Bertz CT molecular complexity index is 1380. The molecule has 2 amide bonds. The van der Waals surface area contributed by atoms with Crippen molar-refractivity contribution in [3.05, 3.63) is 57.6 Å². The van der Waals surface area contributed by atoms with Crippen LogP contribution in [0.1, 0.15) is 129 Å². The van der Waals surface area contributed by atoms with Crippen LogP contribution in [0, 0.1) is 11.8 Å². The van der Waals surface area contributed by atoms with E-state index in [1.165, 1.54) is 0 Å². The average Bonchev–Trinajstić information content (AvgIpc) is 2.94. The highest BCUT2D eigenvalue weighted by molar-refractivity contribution is 6.35. The Morgan fingerprint density at radius 2 is 0.760 bits per heavy atom. The van der Waals surface area contributed by atoms with Gasteiger partial charge in [-0.15, -0.1) is 0 Å². The fourth-order valence-electron chi connectivity index (χ4n) is 5.99. The molecule has 0 aliphatic rings. The zero-order valence-corrected chi connectivity index (χ0v) is 32.1. The van der Waals surface area contributed by atoms with Crippen LogP contribution in [0.25, 0.3) is 0 Å². The van der Waals surface area contributed by atoms with E-state index in [0.29, 0.717) is 0 Å². The third-order valence-corrected chi connectivity index (χ3v) is 9.00. The molecule has 50 heavy (non-hydrogen) atoms. The first-order valence-electron chi connectivity index (χ1n) is 17.4. The molecule has 0 aliphatic heterocycles. The number of carboxylic acid groups (broad SMARTS) is 2. The van der Waals surface area contributed by atoms with E-state index in [4.69, 9.17) is 0 Å².